The lowest BCUT2D eigenvalue weighted by Gasteiger charge is -2.14. The molecule has 148 valence electrons. The number of imidazole rings is 1. The van der Waals surface area contributed by atoms with Crippen LogP contribution in [0.5, 0.6) is 17.2 Å². The molecule has 3 rings (SSSR count). The van der Waals surface area contributed by atoms with Gasteiger partial charge in [0.25, 0.3) is 5.91 Å². The van der Waals surface area contributed by atoms with Gasteiger partial charge in [-0.2, -0.15) is 0 Å². The van der Waals surface area contributed by atoms with Crippen LogP contribution in [-0.2, 0) is 6.54 Å². The zero-order valence-electron chi connectivity index (χ0n) is 16.6. The molecule has 1 N–H and O–H groups in total. The molecule has 0 aliphatic rings. The summed E-state index contributed by atoms with van der Waals surface area (Å²) >= 11 is 0. The summed E-state index contributed by atoms with van der Waals surface area (Å²) in [7, 11) is 4.59. The van der Waals surface area contributed by atoms with Crippen molar-refractivity contribution < 1.29 is 19.0 Å². The molecule has 1 heterocycles. The second-order valence-corrected chi connectivity index (χ2v) is 6.32. The highest BCUT2D eigenvalue weighted by molar-refractivity contribution is 5.97. The first-order valence-electron chi connectivity index (χ1n) is 9.09. The number of aryl methyl sites for hydroxylation is 2. The van der Waals surface area contributed by atoms with Gasteiger partial charge in [0.15, 0.2) is 11.5 Å². The number of rotatable bonds is 8. The van der Waals surface area contributed by atoms with Gasteiger partial charge in [-0.1, -0.05) is 12.1 Å². The van der Waals surface area contributed by atoms with Crippen molar-refractivity contribution >= 4 is 16.9 Å². The first-order chi connectivity index (χ1) is 13.6. The van der Waals surface area contributed by atoms with Gasteiger partial charge < -0.3 is 24.1 Å². The van der Waals surface area contributed by atoms with Crippen LogP contribution in [0.3, 0.4) is 0 Å². The quantitative estimate of drug-likeness (QED) is 0.605. The van der Waals surface area contributed by atoms with Gasteiger partial charge in [0.1, 0.15) is 11.6 Å². The summed E-state index contributed by atoms with van der Waals surface area (Å²) in [5.41, 5.74) is 2.50. The van der Waals surface area contributed by atoms with Crippen LogP contribution >= 0.6 is 0 Å². The Morgan fingerprint density at radius 3 is 2.43 bits per heavy atom. The van der Waals surface area contributed by atoms with Crippen molar-refractivity contribution in [2.24, 2.45) is 0 Å². The van der Waals surface area contributed by atoms with Crippen LogP contribution in [0.1, 0.15) is 22.6 Å². The molecule has 0 radical (unpaired) electrons. The number of carbonyl (C=O) groups is 1. The monoisotopic (exact) mass is 383 g/mol. The van der Waals surface area contributed by atoms with Gasteiger partial charge >= 0.3 is 0 Å². The standard InChI is InChI=1S/C21H25N3O4/c1-14-23-16-8-5-6-9-17(16)24(14)11-7-10-22-21(25)15-12-19(27-3)20(28-4)13-18(15)26-2/h5-6,8-9,12-13H,7,10-11H2,1-4H3,(H,22,25). The van der Waals surface area contributed by atoms with Crippen LogP contribution in [-0.4, -0.2) is 43.3 Å². The molecule has 1 amide bonds. The molecule has 0 saturated heterocycles. The maximum Gasteiger partial charge on any atom is 0.255 e. The number of benzene rings is 2. The van der Waals surface area contributed by atoms with Gasteiger partial charge in [-0.05, 0) is 25.5 Å². The molecule has 0 fully saturated rings. The fourth-order valence-corrected chi connectivity index (χ4v) is 3.22. The average molecular weight is 383 g/mol. The largest absolute Gasteiger partial charge is 0.496 e. The van der Waals surface area contributed by atoms with E-state index in [9.17, 15) is 4.79 Å². The zero-order chi connectivity index (χ0) is 20.1. The predicted molar refractivity (Wildman–Crippen MR) is 108 cm³/mol. The highest BCUT2D eigenvalue weighted by Gasteiger charge is 2.17. The van der Waals surface area contributed by atoms with E-state index < -0.39 is 0 Å². The third-order valence-electron chi connectivity index (χ3n) is 4.64. The third kappa shape index (κ3) is 3.88. The molecule has 2 aromatic carbocycles. The van der Waals surface area contributed by atoms with Crippen LogP contribution in [0.4, 0.5) is 0 Å². The number of nitrogens with zero attached hydrogens (tertiary/aromatic N) is 2. The van der Waals surface area contributed by atoms with Crippen molar-refractivity contribution in [2.45, 2.75) is 19.9 Å². The summed E-state index contributed by atoms with van der Waals surface area (Å²) in [4.78, 5) is 17.2. The normalized spacial score (nSPS) is 10.7. The maximum absolute atomic E-state index is 12.6. The molecule has 7 nitrogen and oxygen atoms in total. The van der Waals surface area contributed by atoms with Crippen LogP contribution in [0.25, 0.3) is 11.0 Å². The molecule has 0 bridgehead atoms. The Balaban J connectivity index is 1.65. The van der Waals surface area contributed by atoms with Gasteiger partial charge in [-0.3, -0.25) is 4.79 Å². The molecule has 3 aromatic rings. The summed E-state index contributed by atoms with van der Waals surface area (Å²) in [5.74, 6) is 2.18. The van der Waals surface area contributed by atoms with Crippen molar-refractivity contribution in [1.29, 1.82) is 0 Å². The number of para-hydroxylation sites is 2. The van der Waals surface area contributed by atoms with E-state index in [0.717, 1.165) is 29.8 Å². The Hall–Kier alpha value is -3.22. The fourth-order valence-electron chi connectivity index (χ4n) is 3.22. The van der Waals surface area contributed by atoms with E-state index in [0.29, 0.717) is 29.4 Å². The first-order valence-corrected chi connectivity index (χ1v) is 9.09. The van der Waals surface area contributed by atoms with Gasteiger partial charge in [-0.15, -0.1) is 0 Å². The van der Waals surface area contributed by atoms with Gasteiger partial charge in [0.2, 0.25) is 0 Å². The van der Waals surface area contributed by atoms with E-state index in [-0.39, 0.29) is 5.91 Å². The Kier molecular flexibility index (Phi) is 6.03. The lowest BCUT2D eigenvalue weighted by molar-refractivity contribution is 0.0949. The molecule has 0 unspecified atom stereocenters. The number of hydrogen-bond donors (Lipinski definition) is 1. The lowest BCUT2D eigenvalue weighted by atomic mass is 10.1. The number of methoxy groups -OCH3 is 3. The molecule has 28 heavy (non-hydrogen) atoms. The topological polar surface area (TPSA) is 74.6 Å². The Bertz CT molecular complexity index is 981. The minimum atomic E-state index is -0.218. The van der Waals surface area contributed by atoms with E-state index in [1.807, 2.05) is 25.1 Å². The van der Waals surface area contributed by atoms with Crippen molar-refractivity contribution in [3.05, 3.63) is 47.8 Å². The Labute approximate surface area is 164 Å². The summed E-state index contributed by atoms with van der Waals surface area (Å²) in [6.45, 7) is 3.30. The lowest BCUT2D eigenvalue weighted by Crippen LogP contribution is -2.26. The summed E-state index contributed by atoms with van der Waals surface area (Å²) < 4.78 is 18.0. The van der Waals surface area contributed by atoms with Crippen LogP contribution < -0.4 is 19.5 Å². The minimum absolute atomic E-state index is 0.218. The van der Waals surface area contributed by atoms with Gasteiger partial charge in [0.05, 0.1) is 37.9 Å². The summed E-state index contributed by atoms with van der Waals surface area (Å²) in [5, 5.41) is 2.94. The molecule has 0 aliphatic carbocycles. The number of aromatic nitrogens is 2. The number of carbonyl (C=O) groups excluding carboxylic acids is 1. The van der Waals surface area contributed by atoms with Crippen molar-refractivity contribution in [1.82, 2.24) is 14.9 Å². The highest BCUT2D eigenvalue weighted by Crippen LogP contribution is 2.34. The van der Waals surface area contributed by atoms with E-state index in [1.54, 1.807) is 19.2 Å². The number of hydrogen-bond acceptors (Lipinski definition) is 5. The molecule has 0 spiro atoms. The predicted octanol–water partition coefficient (Wildman–Crippen LogP) is 3.19. The average Bonchev–Trinajstić information content (AvgIpc) is 3.04. The second kappa shape index (κ2) is 8.65. The maximum atomic E-state index is 12.6. The van der Waals surface area contributed by atoms with E-state index in [4.69, 9.17) is 14.2 Å². The van der Waals surface area contributed by atoms with Crippen molar-refractivity contribution in [3.63, 3.8) is 0 Å². The van der Waals surface area contributed by atoms with Crippen LogP contribution in [0.2, 0.25) is 0 Å². The zero-order valence-corrected chi connectivity index (χ0v) is 16.6. The first kappa shape index (κ1) is 19.5. The molecule has 0 atom stereocenters. The van der Waals surface area contributed by atoms with Gasteiger partial charge in [0, 0.05) is 25.2 Å². The van der Waals surface area contributed by atoms with E-state index >= 15 is 0 Å². The third-order valence-corrected chi connectivity index (χ3v) is 4.64. The van der Waals surface area contributed by atoms with Crippen molar-refractivity contribution in [3.8, 4) is 17.2 Å². The highest BCUT2D eigenvalue weighted by atomic mass is 16.5. The molecular formula is C21H25N3O4. The fraction of sp³-hybridized carbons (Fsp3) is 0.333. The number of ether oxygens (including phenoxy) is 3. The Morgan fingerprint density at radius 2 is 1.71 bits per heavy atom. The minimum Gasteiger partial charge on any atom is -0.496 e. The molecule has 0 saturated carbocycles. The summed E-state index contributed by atoms with van der Waals surface area (Å²) in [6, 6.07) is 11.3. The molecular weight excluding hydrogens is 358 g/mol. The second-order valence-electron chi connectivity index (χ2n) is 6.32. The molecule has 7 heteroatoms. The van der Waals surface area contributed by atoms with Gasteiger partial charge in [-0.25, -0.2) is 4.98 Å². The van der Waals surface area contributed by atoms with E-state index in [2.05, 4.69) is 20.9 Å². The summed E-state index contributed by atoms with van der Waals surface area (Å²) in [6.07, 6.45) is 0.780. The molecule has 1 aromatic heterocycles. The van der Waals surface area contributed by atoms with E-state index in [1.165, 1.54) is 14.2 Å². The van der Waals surface area contributed by atoms with Crippen molar-refractivity contribution in [2.75, 3.05) is 27.9 Å². The van der Waals surface area contributed by atoms with Crippen LogP contribution in [0.15, 0.2) is 36.4 Å². The molecule has 0 aliphatic heterocycles. The number of nitrogens with one attached hydrogen (secondary N) is 1. The number of fused-ring (bicyclic) bond motifs is 1. The number of amides is 1. The van der Waals surface area contributed by atoms with Crippen LogP contribution in [0, 0.1) is 6.92 Å². The SMILES string of the molecule is COc1cc(OC)c(C(=O)NCCCn2c(C)nc3ccccc32)cc1OC. The Morgan fingerprint density at radius 1 is 1.04 bits per heavy atom. The smallest absolute Gasteiger partial charge is 0.255 e.